The third-order valence-corrected chi connectivity index (χ3v) is 5.09. The van der Waals surface area contributed by atoms with Crippen LogP contribution in [0.1, 0.15) is 18.4 Å². The van der Waals surface area contributed by atoms with Gasteiger partial charge in [-0.15, -0.1) is 0 Å². The molecule has 0 nitrogen and oxygen atoms in total. The van der Waals surface area contributed by atoms with E-state index in [1.54, 1.807) is 0 Å². The standard InChI is InChI=1S/C27H19F3/c28-27(29,30)26-18-10-21(11-19-26)7-6-20-8-12-23(13-9-20)25-16-14-24(15-17-25)22-4-2-1-3-5-22/h1-5,8-10,12-18H,11,19H2. The second-order valence-corrected chi connectivity index (χ2v) is 7.15. The molecule has 0 N–H and O–H groups in total. The summed E-state index contributed by atoms with van der Waals surface area (Å²) >= 11 is 0. The highest BCUT2D eigenvalue weighted by molar-refractivity contribution is 5.70. The summed E-state index contributed by atoms with van der Waals surface area (Å²) in [7, 11) is 0. The second kappa shape index (κ2) is 8.47. The Morgan fingerprint density at radius 2 is 1.10 bits per heavy atom. The lowest BCUT2D eigenvalue weighted by molar-refractivity contribution is -0.0940. The fourth-order valence-corrected chi connectivity index (χ4v) is 3.36. The Labute approximate surface area is 174 Å². The lowest BCUT2D eigenvalue weighted by Crippen LogP contribution is -2.13. The number of allylic oxidation sites excluding steroid dienone is 4. The van der Waals surface area contributed by atoms with Gasteiger partial charge in [-0.25, -0.2) is 0 Å². The molecule has 0 aliphatic heterocycles. The predicted octanol–water partition coefficient (Wildman–Crippen LogP) is 7.58. The first kappa shape index (κ1) is 19.8. The van der Waals surface area contributed by atoms with Crippen LogP contribution in [0, 0.1) is 11.8 Å². The van der Waals surface area contributed by atoms with Crippen molar-refractivity contribution >= 4 is 0 Å². The van der Waals surface area contributed by atoms with E-state index in [9.17, 15) is 13.2 Å². The zero-order valence-corrected chi connectivity index (χ0v) is 16.2. The molecule has 0 radical (unpaired) electrons. The van der Waals surface area contributed by atoms with Crippen molar-refractivity contribution in [3.05, 3.63) is 108 Å². The second-order valence-electron chi connectivity index (χ2n) is 7.15. The molecule has 0 spiro atoms. The molecule has 0 atom stereocenters. The van der Waals surface area contributed by atoms with Gasteiger partial charge in [0, 0.05) is 16.7 Å². The van der Waals surface area contributed by atoms with Crippen molar-refractivity contribution in [2.24, 2.45) is 0 Å². The molecule has 148 valence electrons. The first-order valence-corrected chi connectivity index (χ1v) is 9.74. The van der Waals surface area contributed by atoms with Crippen LogP contribution < -0.4 is 0 Å². The van der Waals surface area contributed by atoms with E-state index in [-0.39, 0.29) is 6.42 Å². The summed E-state index contributed by atoms with van der Waals surface area (Å²) in [5, 5.41) is 0. The molecule has 0 saturated heterocycles. The Morgan fingerprint density at radius 1 is 0.567 bits per heavy atom. The minimum Gasteiger partial charge on any atom is -0.166 e. The highest BCUT2D eigenvalue weighted by Crippen LogP contribution is 2.32. The lowest BCUT2D eigenvalue weighted by atomic mass is 9.98. The van der Waals surface area contributed by atoms with E-state index in [4.69, 9.17) is 0 Å². The predicted molar refractivity (Wildman–Crippen MR) is 116 cm³/mol. The van der Waals surface area contributed by atoms with Crippen LogP contribution in [0.15, 0.2) is 102 Å². The van der Waals surface area contributed by atoms with E-state index >= 15 is 0 Å². The lowest BCUT2D eigenvalue weighted by Gasteiger charge is -2.14. The molecule has 0 unspecified atom stereocenters. The molecule has 4 rings (SSSR count). The van der Waals surface area contributed by atoms with Crippen molar-refractivity contribution in [2.45, 2.75) is 19.0 Å². The molecule has 3 heteroatoms. The molecule has 0 saturated carbocycles. The van der Waals surface area contributed by atoms with Crippen molar-refractivity contribution in [1.82, 2.24) is 0 Å². The van der Waals surface area contributed by atoms with Gasteiger partial charge in [-0.2, -0.15) is 13.2 Å². The number of alkyl halides is 3. The van der Waals surface area contributed by atoms with Gasteiger partial charge in [-0.3, -0.25) is 0 Å². The van der Waals surface area contributed by atoms with Gasteiger partial charge in [0.25, 0.3) is 0 Å². The molecule has 0 bridgehead atoms. The smallest absolute Gasteiger partial charge is 0.166 e. The summed E-state index contributed by atoms with van der Waals surface area (Å²) in [6, 6.07) is 26.5. The van der Waals surface area contributed by atoms with Gasteiger partial charge in [0.05, 0.1) is 0 Å². The van der Waals surface area contributed by atoms with Crippen LogP contribution in [0.4, 0.5) is 13.2 Å². The quantitative estimate of drug-likeness (QED) is 0.389. The van der Waals surface area contributed by atoms with Crippen molar-refractivity contribution in [3.8, 4) is 34.1 Å². The Kier molecular flexibility index (Phi) is 5.59. The van der Waals surface area contributed by atoms with E-state index in [0.717, 1.165) is 28.3 Å². The number of hydrogen-bond donors (Lipinski definition) is 0. The summed E-state index contributed by atoms with van der Waals surface area (Å²) in [5.74, 6) is 6.04. The topological polar surface area (TPSA) is 0 Å². The average Bonchev–Trinajstić information content (AvgIpc) is 2.78. The first-order valence-electron chi connectivity index (χ1n) is 9.74. The van der Waals surface area contributed by atoms with Gasteiger partial charge in [0.2, 0.25) is 0 Å². The third kappa shape index (κ3) is 4.72. The molecule has 0 fully saturated rings. The normalized spacial score (nSPS) is 13.7. The van der Waals surface area contributed by atoms with Crippen LogP contribution in [0.25, 0.3) is 22.3 Å². The van der Waals surface area contributed by atoms with Crippen molar-refractivity contribution < 1.29 is 13.2 Å². The fraction of sp³-hybridized carbons (Fsp3) is 0.111. The Hall–Kier alpha value is -3.51. The zero-order valence-electron chi connectivity index (χ0n) is 16.2. The molecule has 0 heterocycles. The Morgan fingerprint density at radius 3 is 1.60 bits per heavy atom. The fourth-order valence-electron chi connectivity index (χ4n) is 3.36. The highest BCUT2D eigenvalue weighted by atomic mass is 19.4. The average molecular weight is 400 g/mol. The van der Waals surface area contributed by atoms with Crippen LogP contribution in [-0.2, 0) is 0 Å². The molecule has 3 aromatic rings. The van der Waals surface area contributed by atoms with Gasteiger partial charge < -0.3 is 0 Å². The Balaban J connectivity index is 1.46. The minimum absolute atomic E-state index is 0.0120. The minimum atomic E-state index is -4.25. The van der Waals surface area contributed by atoms with Crippen molar-refractivity contribution in [2.75, 3.05) is 0 Å². The summed E-state index contributed by atoms with van der Waals surface area (Å²) in [5.41, 5.74) is 5.64. The maximum absolute atomic E-state index is 12.7. The van der Waals surface area contributed by atoms with Crippen molar-refractivity contribution in [1.29, 1.82) is 0 Å². The van der Waals surface area contributed by atoms with Gasteiger partial charge in [0.15, 0.2) is 0 Å². The van der Waals surface area contributed by atoms with Crippen molar-refractivity contribution in [3.63, 3.8) is 0 Å². The van der Waals surface area contributed by atoms with Crippen LogP contribution in [0.3, 0.4) is 0 Å². The van der Waals surface area contributed by atoms with Gasteiger partial charge >= 0.3 is 6.18 Å². The maximum atomic E-state index is 12.7. The number of benzene rings is 3. The summed E-state index contributed by atoms with van der Waals surface area (Å²) in [4.78, 5) is 0. The first-order chi connectivity index (χ1) is 14.5. The largest absolute Gasteiger partial charge is 0.412 e. The number of rotatable bonds is 2. The molecular weight excluding hydrogens is 381 g/mol. The number of hydrogen-bond acceptors (Lipinski definition) is 0. The van der Waals surface area contributed by atoms with E-state index < -0.39 is 11.7 Å². The van der Waals surface area contributed by atoms with Crippen LogP contribution in [0.2, 0.25) is 0 Å². The van der Waals surface area contributed by atoms with Gasteiger partial charge in [0.1, 0.15) is 0 Å². The SMILES string of the molecule is FC(F)(F)C1=CC=C(C#Cc2ccc(-c3ccc(-c4ccccc4)cc3)cc2)CC1. The monoisotopic (exact) mass is 400 g/mol. The summed E-state index contributed by atoms with van der Waals surface area (Å²) in [6.45, 7) is 0. The highest BCUT2D eigenvalue weighted by Gasteiger charge is 2.33. The van der Waals surface area contributed by atoms with Crippen LogP contribution in [-0.4, -0.2) is 6.18 Å². The molecule has 0 amide bonds. The Bertz CT molecular complexity index is 1140. The molecule has 1 aliphatic rings. The zero-order chi connectivity index (χ0) is 21.0. The molecule has 1 aliphatic carbocycles. The molecule has 0 aromatic heterocycles. The maximum Gasteiger partial charge on any atom is 0.412 e. The van der Waals surface area contributed by atoms with Crippen LogP contribution >= 0.6 is 0 Å². The summed E-state index contributed by atoms with van der Waals surface area (Å²) < 4.78 is 38.0. The molecular formula is C27H19F3. The molecule has 3 aromatic carbocycles. The van der Waals surface area contributed by atoms with Gasteiger partial charge in [-0.05, 0) is 47.2 Å². The molecule has 30 heavy (non-hydrogen) atoms. The van der Waals surface area contributed by atoms with E-state index in [2.05, 4.69) is 48.2 Å². The van der Waals surface area contributed by atoms with E-state index in [0.29, 0.717) is 6.42 Å². The third-order valence-electron chi connectivity index (χ3n) is 5.09. The van der Waals surface area contributed by atoms with E-state index in [1.165, 1.54) is 17.2 Å². The van der Waals surface area contributed by atoms with E-state index in [1.807, 2.05) is 42.5 Å². The summed E-state index contributed by atoms with van der Waals surface area (Å²) in [6.07, 6.45) is -1.32. The van der Waals surface area contributed by atoms with Crippen LogP contribution in [0.5, 0.6) is 0 Å². The van der Waals surface area contributed by atoms with Gasteiger partial charge in [-0.1, -0.05) is 90.7 Å². The number of halogens is 3.